The number of anilines is 1. The van der Waals surface area contributed by atoms with Gasteiger partial charge in [0, 0.05) is 5.69 Å². The Labute approximate surface area is 171 Å². The average molecular weight is 397 g/mol. The Balaban J connectivity index is 1.77. The summed E-state index contributed by atoms with van der Waals surface area (Å²) in [5.74, 6) is 0.116. The molecule has 0 saturated heterocycles. The third-order valence-electron chi connectivity index (χ3n) is 4.07. The van der Waals surface area contributed by atoms with Gasteiger partial charge in [-0.2, -0.15) is 0 Å². The highest BCUT2D eigenvalue weighted by molar-refractivity contribution is 5.85. The van der Waals surface area contributed by atoms with E-state index in [0.29, 0.717) is 11.5 Å². The van der Waals surface area contributed by atoms with E-state index in [0.717, 1.165) is 22.4 Å². The standard InChI is InChI=1S/C22H27N3O4/c1-5-6-17-8-10-19(20(12-17)28-4)29-14-22(27)25-24-21(26)13-23-18-9-7-15(2)11-16(18)3/h5-12,23H,13-14H2,1-4H3,(H,24,26)(H,25,27)/b6-5+. The fourth-order valence-corrected chi connectivity index (χ4v) is 2.65. The summed E-state index contributed by atoms with van der Waals surface area (Å²) < 4.78 is 10.8. The van der Waals surface area contributed by atoms with Crippen molar-refractivity contribution in [2.24, 2.45) is 0 Å². The van der Waals surface area contributed by atoms with Gasteiger partial charge in [-0.15, -0.1) is 0 Å². The number of nitrogens with one attached hydrogen (secondary N) is 3. The number of benzene rings is 2. The van der Waals surface area contributed by atoms with Gasteiger partial charge in [-0.1, -0.05) is 35.9 Å². The molecule has 3 N–H and O–H groups in total. The van der Waals surface area contributed by atoms with E-state index in [9.17, 15) is 9.59 Å². The first-order valence-electron chi connectivity index (χ1n) is 9.25. The van der Waals surface area contributed by atoms with Crippen LogP contribution < -0.4 is 25.6 Å². The summed E-state index contributed by atoms with van der Waals surface area (Å²) in [6.45, 7) is 5.67. The molecule has 2 amide bonds. The molecule has 0 aliphatic heterocycles. The number of hydrogen-bond donors (Lipinski definition) is 3. The number of hydrazine groups is 1. The van der Waals surface area contributed by atoms with Gasteiger partial charge in [-0.3, -0.25) is 20.4 Å². The van der Waals surface area contributed by atoms with Crippen molar-refractivity contribution in [2.45, 2.75) is 20.8 Å². The molecule has 0 spiro atoms. The Morgan fingerprint density at radius 1 is 1.00 bits per heavy atom. The van der Waals surface area contributed by atoms with Gasteiger partial charge < -0.3 is 14.8 Å². The first kappa shape index (κ1) is 21.8. The molecule has 0 saturated carbocycles. The molecule has 0 aliphatic carbocycles. The first-order chi connectivity index (χ1) is 13.9. The highest BCUT2D eigenvalue weighted by atomic mass is 16.5. The maximum Gasteiger partial charge on any atom is 0.276 e. The zero-order valence-corrected chi connectivity index (χ0v) is 17.2. The van der Waals surface area contributed by atoms with Crippen molar-refractivity contribution in [3.8, 4) is 11.5 Å². The van der Waals surface area contributed by atoms with Gasteiger partial charge in [0.2, 0.25) is 0 Å². The van der Waals surface area contributed by atoms with E-state index in [4.69, 9.17) is 9.47 Å². The zero-order chi connectivity index (χ0) is 21.2. The van der Waals surface area contributed by atoms with Crippen LogP contribution in [0.4, 0.5) is 5.69 Å². The largest absolute Gasteiger partial charge is 0.493 e. The van der Waals surface area contributed by atoms with Crippen LogP contribution in [-0.2, 0) is 9.59 Å². The molecule has 0 fully saturated rings. The minimum atomic E-state index is -0.482. The van der Waals surface area contributed by atoms with E-state index in [1.54, 1.807) is 6.07 Å². The summed E-state index contributed by atoms with van der Waals surface area (Å²) in [6.07, 6.45) is 3.85. The second kappa shape index (κ2) is 10.8. The van der Waals surface area contributed by atoms with E-state index in [-0.39, 0.29) is 19.1 Å². The smallest absolute Gasteiger partial charge is 0.276 e. The van der Waals surface area contributed by atoms with Gasteiger partial charge in [0.1, 0.15) is 0 Å². The lowest BCUT2D eigenvalue weighted by Crippen LogP contribution is -2.46. The van der Waals surface area contributed by atoms with Gasteiger partial charge in [0.25, 0.3) is 11.8 Å². The monoisotopic (exact) mass is 397 g/mol. The lowest BCUT2D eigenvalue weighted by molar-refractivity contribution is -0.129. The van der Waals surface area contributed by atoms with Crippen LogP contribution in [0.1, 0.15) is 23.6 Å². The molecule has 0 heterocycles. The second-order valence-electron chi connectivity index (χ2n) is 6.47. The minimum Gasteiger partial charge on any atom is -0.493 e. The molecule has 7 heteroatoms. The molecule has 2 aromatic carbocycles. The molecule has 0 aromatic heterocycles. The predicted octanol–water partition coefficient (Wildman–Crippen LogP) is 2.98. The predicted molar refractivity (Wildman–Crippen MR) is 114 cm³/mol. The van der Waals surface area contributed by atoms with E-state index in [1.807, 2.05) is 63.3 Å². The summed E-state index contributed by atoms with van der Waals surface area (Å²) in [4.78, 5) is 23.8. The molecule has 0 radical (unpaired) electrons. The first-order valence-corrected chi connectivity index (χ1v) is 9.25. The highest BCUT2D eigenvalue weighted by Crippen LogP contribution is 2.28. The summed E-state index contributed by atoms with van der Waals surface area (Å²) >= 11 is 0. The van der Waals surface area contributed by atoms with E-state index >= 15 is 0 Å². The number of rotatable bonds is 8. The van der Waals surface area contributed by atoms with Crippen LogP contribution in [0.2, 0.25) is 0 Å². The van der Waals surface area contributed by atoms with Crippen molar-refractivity contribution in [1.29, 1.82) is 0 Å². The van der Waals surface area contributed by atoms with Gasteiger partial charge in [0.15, 0.2) is 18.1 Å². The van der Waals surface area contributed by atoms with Gasteiger partial charge >= 0.3 is 0 Å². The maximum atomic E-state index is 11.9. The highest BCUT2D eigenvalue weighted by Gasteiger charge is 2.09. The van der Waals surface area contributed by atoms with E-state index in [1.165, 1.54) is 7.11 Å². The molecule has 0 atom stereocenters. The number of methoxy groups -OCH3 is 1. The fraction of sp³-hybridized carbons (Fsp3) is 0.273. The summed E-state index contributed by atoms with van der Waals surface area (Å²) in [5.41, 5.74) is 8.71. The van der Waals surface area contributed by atoms with E-state index < -0.39 is 5.91 Å². The molecule has 2 rings (SSSR count). The van der Waals surface area contributed by atoms with Crippen molar-refractivity contribution in [2.75, 3.05) is 25.6 Å². The van der Waals surface area contributed by atoms with Gasteiger partial charge in [0.05, 0.1) is 13.7 Å². The Bertz CT molecular complexity index is 894. The fourth-order valence-electron chi connectivity index (χ4n) is 2.65. The number of hydrogen-bond acceptors (Lipinski definition) is 5. The normalized spacial score (nSPS) is 10.5. The van der Waals surface area contributed by atoms with Crippen molar-refractivity contribution in [3.63, 3.8) is 0 Å². The third kappa shape index (κ3) is 6.88. The molecule has 154 valence electrons. The van der Waals surface area contributed by atoms with Crippen LogP contribution in [0, 0.1) is 13.8 Å². The molecular weight excluding hydrogens is 370 g/mol. The van der Waals surface area contributed by atoms with Crippen LogP contribution in [0.15, 0.2) is 42.5 Å². The number of allylic oxidation sites excluding steroid dienone is 1. The van der Waals surface area contributed by atoms with Crippen LogP contribution in [0.5, 0.6) is 11.5 Å². The quantitative estimate of drug-likeness (QED) is 0.596. The molecule has 0 aliphatic rings. The van der Waals surface area contributed by atoms with Crippen molar-refractivity contribution in [3.05, 3.63) is 59.2 Å². The number of carbonyl (C=O) groups excluding carboxylic acids is 2. The van der Waals surface area contributed by atoms with Crippen LogP contribution >= 0.6 is 0 Å². The number of aryl methyl sites for hydroxylation is 2. The molecule has 2 aromatic rings. The topological polar surface area (TPSA) is 88.7 Å². The SMILES string of the molecule is C/C=C/c1ccc(OCC(=O)NNC(=O)CNc2ccc(C)cc2C)c(OC)c1. The van der Waals surface area contributed by atoms with Gasteiger partial charge in [-0.25, -0.2) is 0 Å². The zero-order valence-electron chi connectivity index (χ0n) is 17.2. The molecule has 0 unspecified atom stereocenters. The molecular formula is C22H27N3O4. The van der Waals surface area contributed by atoms with Crippen molar-refractivity contribution >= 4 is 23.6 Å². The Hall–Kier alpha value is -3.48. The second-order valence-corrected chi connectivity index (χ2v) is 6.47. The molecule has 0 bridgehead atoms. The van der Waals surface area contributed by atoms with Crippen LogP contribution in [0.3, 0.4) is 0 Å². The van der Waals surface area contributed by atoms with Crippen molar-refractivity contribution in [1.82, 2.24) is 10.9 Å². The van der Waals surface area contributed by atoms with E-state index in [2.05, 4.69) is 16.2 Å². The molecule has 29 heavy (non-hydrogen) atoms. The van der Waals surface area contributed by atoms with Gasteiger partial charge in [-0.05, 0) is 50.1 Å². The number of amides is 2. The number of carbonyl (C=O) groups is 2. The Kier molecular flexibility index (Phi) is 8.09. The summed E-state index contributed by atoms with van der Waals surface area (Å²) in [5, 5.41) is 3.04. The summed E-state index contributed by atoms with van der Waals surface area (Å²) in [7, 11) is 1.53. The third-order valence-corrected chi connectivity index (χ3v) is 4.07. The Morgan fingerprint density at radius 3 is 2.45 bits per heavy atom. The Morgan fingerprint density at radius 2 is 1.76 bits per heavy atom. The minimum absolute atomic E-state index is 0.0330. The lowest BCUT2D eigenvalue weighted by Gasteiger charge is -2.13. The van der Waals surface area contributed by atoms with Crippen LogP contribution in [-0.4, -0.2) is 32.1 Å². The molecule has 7 nitrogen and oxygen atoms in total. The van der Waals surface area contributed by atoms with Crippen molar-refractivity contribution < 1.29 is 19.1 Å². The summed E-state index contributed by atoms with van der Waals surface area (Å²) in [6, 6.07) is 11.3. The number of ether oxygens (including phenoxy) is 2. The lowest BCUT2D eigenvalue weighted by atomic mass is 10.1. The average Bonchev–Trinajstić information content (AvgIpc) is 2.70. The van der Waals surface area contributed by atoms with Crippen LogP contribution in [0.25, 0.3) is 6.08 Å². The maximum absolute atomic E-state index is 11.9.